The zero-order chi connectivity index (χ0) is 13.2. The van der Waals surface area contributed by atoms with E-state index in [2.05, 4.69) is 20.6 Å². The summed E-state index contributed by atoms with van der Waals surface area (Å²) >= 11 is 0. The van der Waals surface area contributed by atoms with Crippen molar-refractivity contribution in [2.24, 2.45) is 0 Å². The summed E-state index contributed by atoms with van der Waals surface area (Å²) in [7, 11) is 0. The molecular formula is C13H9N5O. The number of hydrogen-bond donors (Lipinski definition) is 2. The van der Waals surface area contributed by atoms with Crippen LogP contribution in [0, 0.1) is 11.5 Å². The molecule has 19 heavy (non-hydrogen) atoms. The van der Waals surface area contributed by atoms with E-state index in [1.54, 1.807) is 18.6 Å². The monoisotopic (exact) mass is 251 g/mol. The van der Waals surface area contributed by atoms with Crippen LogP contribution in [-0.4, -0.2) is 15.9 Å². The second-order valence-electron chi connectivity index (χ2n) is 4.13. The molecule has 1 amide bonds. The third kappa shape index (κ3) is 2.09. The van der Waals surface area contributed by atoms with E-state index >= 15 is 0 Å². The van der Waals surface area contributed by atoms with Gasteiger partial charge in [-0.15, -0.1) is 0 Å². The fourth-order valence-corrected chi connectivity index (χ4v) is 2.00. The molecule has 1 aliphatic heterocycles. The molecule has 2 N–H and O–H groups in total. The van der Waals surface area contributed by atoms with Crippen molar-refractivity contribution in [3.63, 3.8) is 0 Å². The second kappa shape index (κ2) is 4.38. The first-order chi connectivity index (χ1) is 9.26. The first-order valence-electron chi connectivity index (χ1n) is 5.66. The zero-order valence-corrected chi connectivity index (χ0v) is 9.84. The number of benzene rings is 1. The largest absolute Gasteiger partial charge is 0.326 e. The molecule has 0 aliphatic carbocycles. The first kappa shape index (κ1) is 11.2. The van der Waals surface area contributed by atoms with Gasteiger partial charge in [0.15, 0.2) is 6.19 Å². The Balaban J connectivity index is 1.93. The van der Waals surface area contributed by atoms with Crippen LogP contribution in [0.1, 0.15) is 5.56 Å². The van der Waals surface area contributed by atoms with E-state index in [0.717, 1.165) is 22.4 Å². The summed E-state index contributed by atoms with van der Waals surface area (Å²) < 4.78 is 0. The van der Waals surface area contributed by atoms with Gasteiger partial charge in [0.25, 0.3) is 0 Å². The van der Waals surface area contributed by atoms with Crippen LogP contribution < -0.4 is 10.6 Å². The summed E-state index contributed by atoms with van der Waals surface area (Å²) in [5.41, 5.74) is 3.61. The third-order valence-electron chi connectivity index (χ3n) is 2.88. The lowest BCUT2D eigenvalue weighted by molar-refractivity contribution is -0.115. The van der Waals surface area contributed by atoms with Crippen LogP contribution in [0.25, 0.3) is 11.1 Å². The number of anilines is 2. The number of carbonyl (C=O) groups is 1. The normalized spacial score (nSPS) is 12.5. The maximum Gasteiger partial charge on any atom is 0.236 e. The van der Waals surface area contributed by atoms with Crippen molar-refractivity contribution in [1.29, 1.82) is 5.26 Å². The predicted octanol–water partition coefficient (Wildman–Crippen LogP) is 1.53. The molecule has 6 nitrogen and oxygen atoms in total. The molecule has 0 fully saturated rings. The topological polar surface area (TPSA) is 90.7 Å². The highest BCUT2D eigenvalue weighted by Crippen LogP contribution is 2.28. The number of aromatic nitrogens is 2. The fraction of sp³-hybridized carbons (Fsp3) is 0.0769. The number of rotatable bonds is 2. The van der Waals surface area contributed by atoms with E-state index in [1.165, 1.54) is 0 Å². The van der Waals surface area contributed by atoms with E-state index in [0.29, 0.717) is 6.42 Å². The number of nitriles is 1. The minimum atomic E-state index is 0.0111. The molecule has 0 bridgehead atoms. The van der Waals surface area contributed by atoms with Crippen LogP contribution in [0.15, 0.2) is 30.6 Å². The number of carbonyl (C=O) groups excluding carboxylic acids is 1. The summed E-state index contributed by atoms with van der Waals surface area (Å²) in [5, 5.41) is 13.6. The smallest absolute Gasteiger partial charge is 0.236 e. The lowest BCUT2D eigenvalue weighted by Gasteiger charge is -2.04. The molecule has 0 radical (unpaired) electrons. The average Bonchev–Trinajstić information content (AvgIpc) is 2.79. The van der Waals surface area contributed by atoms with E-state index in [-0.39, 0.29) is 11.9 Å². The van der Waals surface area contributed by atoms with Crippen molar-refractivity contribution in [2.75, 3.05) is 10.6 Å². The van der Waals surface area contributed by atoms with Crippen LogP contribution in [0.3, 0.4) is 0 Å². The average molecular weight is 251 g/mol. The third-order valence-corrected chi connectivity index (χ3v) is 2.88. The van der Waals surface area contributed by atoms with Crippen molar-refractivity contribution in [2.45, 2.75) is 6.42 Å². The fourth-order valence-electron chi connectivity index (χ4n) is 2.00. The molecule has 0 atom stereocenters. The van der Waals surface area contributed by atoms with Gasteiger partial charge >= 0.3 is 0 Å². The summed E-state index contributed by atoms with van der Waals surface area (Å²) in [6, 6.07) is 5.72. The highest BCUT2D eigenvalue weighted by Gasteiger charge is 2.17. The van der Waals surface area contributed by atoms with E-state index < -0.39 is 0 Å². The van der Waals surface area contributed by atoms with E-state index in [1.807, 2.05) is 18.2 Å². The van der Waals surface area contributed by atoms with Gasteiger partial charge in [-0.3, -0.25) is 10.1 Å². The summed E-state index contributed by atoms with van der Waals surface area (Å²) in [5.74, 6) is 0.279. The molecule has 0 spiro atoms. The lowest BCUT2D eigenvalue weighted by atomic mass is 10.0. The molecule has 0 saturated heterocycles. The summed E-state index contributed by atoms with van der Waals surface area (Å²) in [4.78, 5) is 19.3. The standard InChI is InChI=1S/C13H9N5O/c14-7-17-13-15-5-10(6-16-13)8-1-2-11-9(3-8)4-12(19)18-11/h1-3,5-6H,4H2,(H,18,19)(H,15,16,17). The zero-order valence-electron chi connectivity index (χ0n) is 9.84. The van der Waals surface area contributed by atoms with Gasteiger partial charge < -0.3 is 5.32 Å². The minimum Gasteiger partial charge on any atom is -0.326 e. The van der Waals surface area contributed by atoms with Gasteiger partial charge in [-0.2, -0.15) is 5.26 Å². The van der Waals surface area contributed by atoms with Gasteiger partial charge in [-0.05, 0) is 23.3 Å². The molecule has 0 unspecified atom stereocenters. The van der Waals surface area contributed by atoms with E-state index in [4.69, 9.17) is 5.26 Å². The van der Waals surface area contributed by atoms with Gasteiger partial charge in [-0.1, -0.05) is 6.07 Å². The van der Waals surface area contributed by atoms with Gasteiger partial charge in [0.2, 0.25) is 11.9 Å². The molecule has 1 aromatic heterocycles. The second-order valence-corrected chi connectivity index (χ2v) is 4.13. The van der Waals surface area contributed by atoms with E-state index in [9.17, 15) is 4.79 Å². The minimum absolute atomic E-state index is 0.0111. The van der Waals surface area contributed by atoms with Crippen molar-refractivity contribution >= 4 is 17.5 Å². The number of amides is 1. The van der Waals surface area contributed by atoms with Gasteiger partial charge in [-0.25, -0.2) is 9.97 Å². The predicted molar refractivity (Wildman–Crippen MR) is 69.0 cm³/mol. The molecule has 1 aromatic carbocycles. The Morgan fingerprint density at radius 2 is 2.05 bits per heavy atom. The van der Waals surface area contributed by atoms with Crippen LogP contribution in [0.2, 0.25) is 0 Å². The molecule has 6 heteroatoms. The maximum atomic E-state index is 11.3. The van der Waals surface area contributed by atoms with Crippen molar-refractivity contribution in [3.05, 3.63) is 36.2 Å². The van der Waals surface area contributed by atoms with Crippen LogP contribution in [0.5, 0.6) is 0 Å². The molecule has 3 rings (SSSR count). The van der Waals surface area contributed by atoms with Gasteiger partial charge in [0.05, 0.1) is 6.42 Å². The van der Waals surface area contributed by atoms with Gasteiger partial charge in [0.1, 0.15) is 0 Å². The molecule has 2 heterocycles. The molecule has 1 aliphatic rings. The molecule has 92 valence electrons. The van der Waals surface area contributed by atoms with Crippen molar-refractivity contribution in [1.82, 2.24) is 9.97 Å². The first-order valence-corrected chi connectivity index (χ1v) is 5.66. The van der Waals surface area contributed by atoms with Crippen LogP contribution in [-0.2, 0) is 11.2 Å². The number of nitrogens with zero attached hydrogens (tertiary/aromatic N) is 3. The molecule has 2 aromatic rings. The summed E-state index contributed by atoms with van der Waals surface area (Å²) in [6.45, 7) is 0. The summed E-state index contributed by atoms with van der Waals surface area (Å²) in [6.07, 6.45) is 5.44. The van der Waals surface area contributed by atoms with Crippen LogP contribution >= 0.6 is 0 Å². The Morgan fingerprint density at radius 1 is 1.26 bits per heavy atom. The SMILES string of the molecule is N#CNc1ncc(-c2ccc3c(c2)CC(=O)N3)cn1. The van der Waals surface area contributed by atoms with Crippen LogP contribution in [0.4, 0.5) is 11.6 Å². The van der Waals surface area contributed by atoms with Crippen molar-refractivity contribution in [3.8, 4) is 17.3 Å². The van der Waals surface area contributed by atoms with Crippen molar-refractivity contribution < 1.29 is 4.79 Å². The number of fused-ring (bicyclic) bond motifs is 1. The Morgan fingerprint density at radius 3 is 2.79 bits per heavy atom. The quantitative estimate of drug-likeness (QED) is 0.624. The highest BCUT2D eigenvalue weighted by atomic mass is 16.1. The molecule has 0 saturated carbocycles. The Labute approximate surface area is 109 Å². The maximum absolute atomic E-state index is 11.3. The Kier molecular flexibility index (Phi) is 2.58. The Bertz CT molecular complexity index is 687. The Hall–Kier alpha value is -2.94. The lowest BCUT2D eigenvalue weighted by Crippen LogP contribution is -2.03. The number of nitrogens with one attached hydrogen (secondary N) is 2. The number of hydrogen-bond acceptors (Lipinski definition) is 5. The van der Waals surface area contributed by atoms with Gasteiger partial charge in [0, 0.05) is 23.6 Å². The molecular weight excluding hydrogens is 242 g/mol. The highest BCUT2D eigenvalue weighted by molar-refractivity contribution is 5.99.